The van der Waals surface area contributed by atoms with E-state index in [1.54, 1.807) is 18.5 Å². The molecule has 160 valence electrons. The standard InChI is InChI=1S/C22H23FN6O2/c1-30-20-4-2-3-19(23)18(20)12-24-21-6-5-17(22-27-25-14-28(21)22)15-11-26-29(13-15)16-7-9-31-10-8-16/h2-6,11,13-14,16,24H,7-10,12H2,1H3. The Morgan fingerprint density at radius 1 is 1.23 bits per heavy atom. The van der Waals surface area contributed by atoms with Crippen molar-refractivity contribution in [2.45, 2.75) is 25.4 Å². The Morgan fingerprint density at radius 2 is 2.10 bits per heavy atom. The van der Waals surface area contributed by atoms with Gasteiger partial charge in [-0.05, 0) is 37.1 Å². The number of nitrogens with zero attached hydrogens (tertiary/aromatic N) is 5. The van der Waals surface area contributed by atoms with E-state index < -0.39 is 0 Å². The molecule has 3 aromatic heterocycles. The molecule has 1 aromatic carbocycles. The molecule has 4 heterocycles. The molecule has 0 bridgehead atoms. The third-order valence-electron chi connectivity index (χ3n) is 5.68. The van der Waals surface area contributed by atoms with Crippen LogP contribution in [0.15, 0.2) is 49.1 Å². The highest BCUT2D eigenvalue weighted by Crippen LogP contribution is 2.29. The van der Waals surface area contributed by atoms with E-state index in [2.05, 4.69) is 26.8 Å². The molecule has 31 heavy (non-hydrogen) atoms. The quantitative estimate of drug-likeness (QED) is 0.510. The van der Waals surface area contributed by atoms with Gasteiger partial charge in [-0.25, -0.2) is 4.39 Å². The minimum Gasteiger partial charge on any atom is -0.496 e. The average Bonchev–Trinajstić information content (AvgIpc) is 3.49. The van der Waals surface area contributed by atoms with Crippen molar-refractivity contribution >= 4 is 11.5 Å². The molecule has 1 saturated heterocycles. The van der Waals surface area contributed by atoms with Crippen LogP contribution in [0.1, 0.15) is 24.4 Å². The van der Waals surface area contributed by atoms with Gasteiger partial charge in [0.1, 0.15) is 23.7 Å². The second-order valence-corrected chi connectivity index (χ2v) is 7.48. The lowest BCUT2D eigenvalue weighted by molar-refractivity contribution is 0.0662. The van der Waals surface area contributed by atoms with Gasteiger partial charge >= 0.3 is 0 Å². The highest BCUT2D eigenvalue weighted by molar-refractivity contribution is 5.78. The Labute approximate surface area is 178 Å². The van der Waals surface area contributed by atoms with Gasteiger partial charge in [-0.2, -0.15) is 5.10 Å². The van der Waals surface area contributed by atoms with Crippen LogP contribution in [0.5, 0.6) is 5.75 Å². The predicted molar refractivity (Wildman–Crippen MR) is 114 cm³/mol. The summed E-state index contributed by atoms with van der Waals surface area (Å²) < 4.78 is 28.9. The number of aromatic nitrogens is 5. The van der Waals surface area contributed by atoms with Crippen LogP contribution in [-0.4, -0.2) is 44.7 Å². The third-order valence-corrected chi connectivity index (χ3v) is 5.68. The Hall–Kier alpha value is -3.46. The van der Waals surface area contributed by atoms with Gasteiger partial charge in [0.25, 0.3) is 0 Å². The van der Waals surface area contributed by atoms with E-state index in [4.69, 9.17) is 9.47 Å². The summed E-state index contributed by atoms with van der Waals surface area (Å²) in [4.78, 5) is 0. The van der Waals surface area contributed by atoms with Crippen molar-refractivity contribution in [2.24, 2.45) is 0 Å². The first kappa shape index (κ1) is 19.5. The second kappa shape index (κ2) is 8.35. The number of fused-ring (bicyclic) bond motifs is 1. The van der Waals surface area contributed by atoms with E-state index in [0.29, 0.717) is 23.0 Å². The van der Waals surface area contributed by atoms with Crippen LogP contribution in [0.4, 0.5) is 10.2 Å². The molecule has 1 aliphatic rings. The van der Waals surface area contributed by atoms with Crippen LogP contribution in [0, 0.1) is 5.82 Å². The Balaban J connectivity index is 1.42. The number of ether oxygens (including phenoxy) is 2. The summed E-state index contributed by atoms with van der Waals surface area (Å²) in [6, 6.07) is 9.07. The van der Waals surface area contributed by atoms with Crippen LogP contribution in [0.3, 0.4) is 0 Å². The van der Waals surface area contributed by atoms with Crippen molar-refractivity contribution in [1.82, 2.24) is 24.4 Å². The van der Waals surface area contributed by atoms with Gasteiger partial charge in [0.15, 0.2) is 5.65 Å². The number of anilines is 1. The summed E-state index contributed by atoms with van der Waals surface area (Å²) in [6.07, 6.45) is 7.48. The summed E-state index contributed by atoms with van der Waals surface area (Å²) in [5.41, 5.74) is 3.08. The predicted octanol–water partition coefficient (Wildman–Crippen LogP) is 3.70. The molecule has 0 spiro atoms. The molecular formula is C22H23FN6O2. The molecule has 8 nitrogen and oxygen atoms in total. The lowest BCUT2D eigenvalue weighted by Gasteiger charge is -2.22. The highest BCUT2D eigenvalue weighted by Gasteiger charge is 2.18. The maximum Gasteiger partial charge on any atom is 0.170 e. The van der Waals surface area contributed by atoms with Crippen LogP contribution in [0.2, 0.25) is 0 Å². The number of hydrogen-bond acceptors (Lipinski definition) is 6. The zero-order valence-corrected chi connectivity index (χ0v) is 17.2. The highest BCUT2D eigenvalue weighted by atomic mass is 19.1. The molecular weight excluding hydrogens is 399 g/mol. The molecule has 0 radical (unpaired) electrons. The average molecular weight is 422 g/mol. The van der Waals surface area contributed by atoms with E-state index in [1.165, 1.54) is 13.2 Å². The van der Waals surface area contributed by atoms with E-state index in [9.17, 15) is 4.39 Å². The van der Waals surface area contributed by atoms with Crippen LogP contribution < -0.4 is 10.1 Å². The molecule has 0 unspecified atom stereocenters. The zero-order valence-electron chi connectivity index (χ0n) is 17.2. The fourth-order valence-electron chi connectivity index (χ4n) is 3.99. The maximum absolute atomic E-state index is 14.3. The van der Waals surface area contributed by atoms with Gasteiger partial charge in [-0.3, -0.25) is 9.08 Å². The first-order valence-electron chi connectivity index (χ1n) is 10.2. The number of benzene rings is 1. The van der Waals surface area contributed by atoms with Crippen molar-refractivity contribution in [1.29, 1.82) is 0 Å². The molecule has 4 aromatic rings. The minimum atomic E-state index is -0.316. The Morgan fingerprint density at radius 3 is 2.94 bits per heavy atom. The van der Waals surface area contributed by atoms with Gasteiger partial charge in [-0.1, -0.05) is 6.07 Å². The largest absolute Gasteiger partial charge is 0.496 e. The van der Waals surface area contributed by atoms with Gasteiger partial charge < -0.3 is 14.8 Å². The van der Waals surface area contributed by atoms with Gasteiger partial charge in [-0.15, -0.1) is 10.2 Å². The Bertz CT molecular complexity index is 1200. The maximum atomic E-state index is 14.3. The van der Waals surface area contributed by atoms with E-state index in [0.717, 1.165) is 43.0 Å². The normalized spacial score (nSPS) is 14.8. The second-order valence-electron chi connectivity index (χ2n) is 7.48. The molecule has 0 atom stereocenters. The van der Waals surface area contributed by atoms with Crippen molar-refractivity contribution < 1.29 is 13.9 Å². The first-order valence-corrected chi connectivity index (χ1v) is 10.2. The number of nitrogens with one attached hydrogen (secondary N) is 1. The number of hydrogen-bond donors (Lipinski definition) is 1. The Kier molecular flexibility index (Phi) is 5.25. The number of halogens is 1. The molecule has 0 saturated carbocycles. The summed E-state index contributed by atoms with van der Waals surface area (Å²) in [7, 11) is 1.53. The van der Waals surface area contributed by atoms with Gasteiger partial charge in [0, 0.05) is 42.6 Å². The van der Waals surface area contributed by atoms with Crippen molar-refractivity contribution in [3.63, 3.8) is 0 Å². The summed E-state index contributed by atoms with van der Waals surface area (Å²) in [5, 5.41) is 16.2. The fraction of sp³-hybridized carbons (Fsp3) is 0.318. The molecule has 1 fully saturated rings. The van der Waals surface area contributed by atoms with Crippen LogP contribution in [0.25, 0.3) is 16.8 Å². The van der Waals surface area contributed by atoms with Crippen molar-refractivity contribution in [2.75, 3.05) is 25.6 Å². The summed E-state index contributed by atoms with van der Waals surface area (Å²) in [5.74, 6) is 0.944. The van der Waals surface area contributed by atoms with Crippen molar-refractivity contribution in [3.05, 3.63) is 60.4 Å². The monoisotopic (exact) mass is 422 g/mol. The molecule has 5 rings (SSSR count). The minimum absolute atomic E-state index is 0.268. The lowest BCUT2D eigenvalue weighted by atomic mass is 10.1. The fourth-order valence-corrected chi connectivity index (χ4v) is 3.99. The van der Waals surface area contributed by atoms with E-state index in [-0.39, 0.29) is 12.4 Å². The summed E-state index contributed by atoms with van der Waals surface area (Å²) >= 11 is 0. The summed E-state index contributed by atoms with van der Waals surface area (Å²) in [6.45, 7) is 1.80. The molecule has 1 N–H and O–H groups in total. The first-order chi connectivity index (χ1) is 15.2. The molecule has 0 aliphatic carbocycles. The molecule has 0 amide bonds. The van der Waals surface area contributed by atoms with Gasteiger partial charge in [0.05, 0.1) is 19.3 Å². The van der Waals surface area contributed by atoms with Crippen molar-refractivity contribution in [3.8, 4) is 16.9 Å². The van der Waals surface area contributed by atoms with Crippen LogP contribution in [-0.2, 0) is 11.3 Å². The molecule has 9 heteroatoms. The number of rotatable bonds is 6. The smallest absolute Gasteiger partial charge is 0.170 e. The van der Waals surface area contributed by atoms with E-state index >= 15 is 0 Å². The van der Waals surface area contributed by atoms with Gasteiger partial charge in [0.2, 0.25) is 0 Å². The topological polar surface area (TPSA) is 78.5 Å². The lowest BCUT2D eigenvalue weighted by Crippen LogP contribution is -2.19. The number of pyridine rings is 1. The number of methoxy groups -OCH3 is 1. The third kappa shape index (κ3) is 3.72. The van der Waals surface area contributed by atoms with E-state index in [1.807, 2.05) is 27.4 Å². The SMILES string of the molecule is COc1cccc(F)c1CNc1ccc(-c2cnn(C3CCOCC3)c2)c2nncn12. The van der Waals surface area contributed by atoms with Crippen LogP contribution >= 0.6 is 0 Å². The zero-order chi connectivity index (χ0) is 21.2. The molecule has 1 aliphatic heterocycles.